The lowest BCUT2D eigenvalue weighted by Gasteiger charge is -2.26. The van der Waals surface area contributed by atoms with E-state index in [1.807, 2.05) is 6.92 Å². The zero-order valence-electron chi connectivity index (χ0n) is 11.6. The topological polar surface area (TPSA) is 52.8 Å². The van der Waals surface area contributed by atoms with Gasteiger partial charge in [-0.05, 0) is 26.7 Å². The number of aromatic nitrogens is 4. The summed E-state index contributed by atoms with van der Waals surface area (Å²) in [5.41, 5.74) is 1.04. The molecule has 20 heavy (non-hydrogen) atoms. The van der Waals surface area contributed by atoms with Crippen molar-refractivity contribution in [2.24, 2.45) is 0 Å². The summed E-state index contributed by atoms with van der Waals surface area (Å²) in [7, 11) is 0. The van der Waals surface area contributed by atoms with E-state index in [4.69, 9.17) is 4.74 Å². The third kappa shape index (κ3) is 2.31. The number of imidazole rings is 1. The zero-order valence-corrected chi connectivity index (χ0v) is 11.6. The SMILES string of the molecule is Cc1ncc(F)c(-c2cnc(C)n2C2CCOCC2)n1. The second kappa shape index (κ2) is 5.28. The van der Waals surface area contributed by atoms with Crippen molar-refractivity contribution in [3.63, 3.8) is 0 Å². The Hall–Kier alpha value is -1.82. The fourth-order valence-electron chi connectivity index (χ4n) is 2.67. The number of halogens is 1. The molecule has 5 nitrogen and oxygen atoms in total. The van der Waals surface area contributed by atoms with Gasteiger partial charge < -0.3 is 9.30 Å². The van der Waals surface area contributed by atoms with Gasteiger partial charge in [0.25, 0.3) is 0 Å². The van der Waals surface area contributed by atoms with Crippen LogP contribution in [0.2, 0.25) is 0 Å². The molecule has 1 saturated heterocycles. The summed E-state index contributed by atoms with van der Waals surface area (Å²) in [6, 6.07) is 0.288. The highest BCUT2D eigenvalue weighted by Crippen LogP contribution is 2.30. The van der Waals surface area contributed by atoms with Gasteiger partial charge in [0.15, 0.2) is 5.82 Å². The molecule has 0 aromatic carbocycles. The highest BCUT2D eigenvalue weighted by molar-refractivity contribution is 5.55. The highest BCUT2D eigenvalue weighted by Gasteiger charge is 2.23. The predicted molar refractivity (Wildman–Crippen MR) is 71.8 cm³/mol. The van der Waals surface area contributed by atoms with Crippen molar-refractivity contribution in [3.05, 3.63) is 29.9 Å². The molecule has 0 radical (unpaired) electrons. The Morgan fingerprint density at radius 1 is 1.20 bits per heavy atom. The van der Waals surface area contributed by atoms with Crippen LogP contribution in [0.25, 0.3) is 11.4 Å². The molecule has 0 unspecified atom stereocenters. The van der Waals surface area contributed by atoms with Crippen LogP contribution in [-0.2, 0) is 4.74 Å². The summed E-state index contributed by atoms with van der Waals surface area (Å²) in [6.07, 6.45) is 4.73. The van der Waals surface area contributed by atoms with Gasteiger partial charge in [0, 0.05) is 19.3 Å². The van der Waals surface area contributed by atoms with Crippen molar-refractivity contribution in [2.75, 3.05) is 13.2 Å². The third-order valence-corrected chi connectivity index (χ3v) is 3.64. The van der Waals surface area contributed by atoms with E-state index in [1.165, 1.54) is 6.20 Å². The van der Waals surface area contributed by atoms with Gasteiger partial charge in [-0.3, -0.25) is 0 Å². The minimum Gasteiger partial charge on any atom is -0.381 e. The summed E-state index contributed by atoms with van der Waals surface area (Å²) >= 11 is 0. The smallest absolute Gasteiger partial charge is 0.169 e. The minimum absolute atomic E-state index is 0.288. The van der Waals surface area contributed by atoms with Gasteiger partial charge in [0.2, 0.25) is 0 Å². The summed E-state index contributed by atoms with van der Waals surface area (Å²) < 4.78 is 21.5. The quantitative estimate of drug-likeness (QED) is 0.845. The van der Waals surface area contributed by atoms with E-state index < -0.39 is 5.82 Å². The fourth-order valence-corrected chi connectivity index (χ4v) is 2.67. The van der Waals surface area contributed by atoms with Gasteiger partial charge in [-0.2, -0.15) is 0 Å². The lowest BCUT2D eigenvalue weighted by molar-refractivity contribution is 0.0694. The van der Waals surface area contributed by atoms with E-state index in [0.717, 1.165) is 37.6 Å². The molecule has 6 heteroatoms. The maximum Gasteiger partial charge on any atom is 0.169 e. The van der Waals surface area contributed by atoms with Gasteiger partial charge in [0.1, 0.15) is 17.3 Å². The molecular weight excluding hydrogens is 259 g/mol. The second-order valence-electron chi connectivity index (χ2n) is 5.02. The van der Waals surface area contributed by atoms with Gasteiger partial charge in [0.05, 0.1) is 18.1 Å². The van der Waals surface area contributed by atoms with Crippen molar-refractivity contribution in [2.45, 2.75) is 32.7 Å². The summed E-state index contributed by atoms with van der Waals surface area (Å²) in [5.74, 6) is 1.02. The molecule has 0 saturated carbocycles. The summed E-state index contributed by atoms with van der Waals surface area (Å²) in [4.78, 5) is 12.4. The van der Waals surface area contributed by atoms with Gasteiger partial charge in [-0.15, -0.1) is 0 Å². The van der Waals surface area contributed by atoms with Crippen LogP contribution in [0.15, 0.2) is 12.4 Å². The van der Waals surface area contributed by atoms with Crippen LogP contribution >= 0.6 is 0 Å². The van der Waals surface area contributed by atoms with Crippen molar-refractivity contribution < 1.29 is 9.13 Å². The van der Waals surface area contributed by atoms with Crippen LogP contribution < -0.4 is 0 Å². The van der Waals surface area contributed by atoms with E-state index in [-0.39, 0.29) is 6.04 Å². The Labute approximate surface area is 116 Å². The molecule has 1 fully saturated rings. The molecule has 2 aromatic rings. The average Bonchev–Trinajstić information content (AvgIpc) is 2.84. The fraction of sp³-hybridized carbons (Fsp3) is 0.500. The number of hydrogen-bond donors (Lipinski definition) is 0. The van der Waals surface area contributed by atoms with Crippen molar-refractivity contribution in [1.82, 2.24) is 19.5 Å². The van der Waals surface area contributed by atoms with Crippen LogP contribution in [0.4, 0.5) is 4.39 Å². The predicted octanol–water partition coefficient (Wildman–Crippen LogP) is 2.45. The Morgan fingerprint density at radius 3 is 2.70 bits per heavy atom. The van der Waals surface area contributed by atoms with Crippen LogP contribution in [0.5, 0.6) is 0 Å². The van der Waals surface area contributed by atoms with E-state index in [9.17, 15) is 4.39 Å². The van der Waals surface area contributed by atoms with E-state index in [0.29, 0.717) is 11.5 Å². The van der Waals surface area contributed by atoms with E-state index in [2.05, 4.69) is 19.5 Å². The Balaban J connectivity index is 2.08. The average molecular weight is 276 g/mol. The van der Waals surface area contributed by atoms with Gasteiger partial charge in [-0.1, -0.05) is 0 Å². The Morgan fingerprint density at radius 2 is 1.95 bits per heavy atom. The monoisotopic (exact) mass is 276 g/mol. The first-order valence-corrected chi connectivity index (χ1v) is 6.78. The zero-order chi connectivity index (χ0) is 14.1. The largest absolute Gasteiger partial charge is 0.381 e. The maximum absolute atomic E-state index is 14.0. The van der Waals surface area contributed by atoms with Crippen molar-refractivity contribution in [1.29, 1.82) is 0 Å². The molecule has 0 aliphatic carbocycles. The molecule has 1 aliphatic rings. The first-order valence-electron chi connectivity index (χ1n) is 6.78. The number of nitrogens with zero attached hydrogens (tertiary/aromatic N) is 4. The standard InChI is InChI=1S/C14H17FN4O/c1-9-16-7-12(15)14(18-9)13-8-17-10(2)19(13)11-3-5-20-6-4-11/h7-8,11H,3-6H2,1-2H3. The number of ether oxygens (including phenoxy) is 1. The van der Waals surface area contributed by atoms with Crippen LogP contribution in [0.1, 0.15) is 30.5 Å². The molecule has 106 valence electrons. The highest BCUT2D eigenvalue weighted by atomic mass is 19.1. The Kier molecular flexibility index (Phi) is 3.48. The van der Waals surface area contributed by atoms with Gasteiger partial charge >= 0.3 is 0 Å². The number of hydrogen-bond acceptors (Lipinski definition) is 4. The number of aryl methyl sites for hydroxylation is 2. The summed E-state index contributed by atoms with van der Waals surface area (Å²) in [5, 5.41) is 0. The lowest BCUT2D eigenvalue weighted by Crippen LogP contribution is -2.21. The first-order chi connectivity index (χ1) is 9.66. The molecule has 0 spiro atoms. The number of rotatable bonds is 2. The molecule has 3 heterocycles. The third-order valence-electron chi connectivity index (χ3n) is 3.64. The second-order valence-corrected chi connectivity index (χ2v) is 5.02. The van der Waals surface area contributed by atoms with E-state index in [1.54, 1.807) is 13.1 Å². The lowest BCUT2D eigenvalue weighted by atomic mass is 10.1. The summed E-state index contributed by atoms with van der Waals surface area (Å²) in [6.45, 7) is 5.15. The molecular formula is C14H17FN4O. The van der Waals surface area contributed by atoms with Crippen molar-refractivity contribution in [3.8, 4) is 11.4 Å². The molecule has 2 aromatic heterocycles. The molecule has 0 atom stereocenters. The van der Waals surface area contributed by atoms with Crippen molar-refractivity contribution >= 4 is 0 Å². The first kappa shape index (κ1) is 13.2. The maximum atomic E-state index is 14.0. The van der Waals surface area contributed by atoms with Crippen LogP contribution in [0.3, 0.4) is 0 Å². The molecule has 0 bridgehead atoms. The van der Waals surface area contributed by atoms with Crippen LogP contribution in [-0.4, -0.2) is 32.7 Å². The molecule has 0 N–H and O–H groups in total. The normalized spacial score (nSPS) is 16.6. The molecule has 1 aliphatic heterocycles. The Bertz CT molecular complexity index is 620. The van der Waals surface area contributed by atoms with Crippen LogP contribution in [0, 0.1) is 19.7 Å². The van der Waals surface area contributed by atoms with E-state index >= 15 is 0 Å². The minimum atomic E-state index is -0.413. The molecule has 3 rings (SSSR count). The molecule has 0 amide bonds. The van der Waals surface area contributed by atoms with Gasteiger partial charge in [-0.25, -0.2) is 19.3 Å².